The fourth-order valence-electron chi connectivity index (χ4n) is 1.28. The molecule has 1 rings (SSSR count). The molecule has 0 unspecified atom stereocenters. The Bertz CT molecular complexity index is 371. The van der Waals surface area contributed by atoms with Gasteiger partial charge in [-0.05, 0) is 24.1 Å². The van der Waals surface area contributed by atoms with Crippen molar-refractivity contribution < 1.29 is 13.2 Å². The number of hydrogen-bond acceptors (Lipinski definition) is 1. The normalized spacial score (nSPS) is 13.1. The predicted octanol–water partition coefficient (Wildman–Crippen LogP) is 4.87. The highest BCUT2D eigenvalue weighted by molar-refractivity contribution is 9.10. The van der Waals surface area contributed by atoms with Crippen molar-refractivity contribution in [2.24, 2.45) is 5.73 Å². The molecule has 2 N–H and O–H groups in total. The first-order chi connectivity index (χ1) is 7.29. The molecule has 0 fully saturated rings. The smallest absolute Gasteiger partial charge is 0.324 e. The highest BCUT2D eigenvalue weighted by atomic mass is 79.9. The number of rotatable bonds is 3. The molecule has 0 aromatic heterocycles. The second-order valence-electron chi connectivity index (χ2n) is 3.43. The highest BCUT2D eigenvalue weighted by Crippen LogP contribution is 2.30. The van der Waals surface area contributed by atoms with Gasteiger partial charge in [-0.15, -0.1) is 12.4 Å². The Labute approximate surface area is 117 Å². The van der Waals surface area contributed by atoms with Crippen molar-refractivity contribution in [3.8, 4) is 0 Å². The fourth-order valence-corrected chi connectivity index (χ4v) is 2.09. The van der Waals surface area contributed by atoms with E-state index in [0.717, 1.165) is 4.47 Å². The van der Waals surface area contributed by atoms with Gasteiger partial charge in [0.25, 0.3) is 0 Å². The van der Waals surface area contributed by atoms with Crippen molar-refractivity contribution in [3.05, 3.63) is 33.3 Å². The first-order valence-corrected chi connectivity index (χ1v) is 5.74. The first kappa shape index (κ1) is 17.0. The van der Waals surface area contributed by atoms with E-state index < -0.39 is 18.6 Å². The molecule has 0 aliphatic carbocycles. The summed E-state index contributed by atoms with van der Waals surface area (Å²) in [5.74, 6) is 0. The highest BCUT2D eigenvalue weighted by Gasteiger charge is 2.28. The van der Waals surface area contributed by atoms with E-state index >= 15 is 0 Å². The minimum absolute atomic E-state index is 0. The van der Waals surface area contributed by atoms with Crippen LogP contribution in [0.5, 0.6) is 0 Å². The summed E-state index contributed by atoms with van der Waals surface area (Å²) in [5.41, 5.74) is 6.19. The Balaban J connectivity index is 0.00000256. The van der Waals surface area contributed by atoms with Gasteiger partial charge in [-0.3, -0.25) is 0 Å². The number of benzene rings is 1. The average molecular weight is 353 g/mol. The fraction of sp³-hybridized carbons (Fsp3) is 0.400. The largest absolute Gasteiger partial charge is 0.389 e. The van der Waals surface area contributed by atoms with Crippen molar-refractivity contribution in [1.29, 1.82) is 0 Å². The SMILES string of the molecule is Cl.N[C@@H](CCC(F)(F)F)c1ccc(Br)cc1Cl. The predicted molar refractivity (Wildman–Crippen MR) is 68.6 cm³/mol. The Morgan fingerprint density at radius 1 is 1.35 bits per heavy atom. The van der Waals surface area contributed by atoms with E-state index in [1.807, 2.05) is 0 Å². The summed E-state index contributed by atoms with van der Waals surface area (Å²) in [4.78, 5) is 0. The standard InChI is InChI=1S/C10H10BrClF3N.ClH/c11-6-1-2-7(8(12)5-6)9(16)3-4-10(13,14)15;/h1-2,5,9H,3-4,16H2;1H/t9-;/m0./s1. The Kier molecular flexibility index (Phi) is 6.84. The first-order valence-electron chi connectivity index (χ1n) is 4.57. The zero-order valence-electron chi connectivity index (χ0n) is 8.60. The molecule has 0 saturated heterocycles. The van der Waals surface area contributed by atoms with Gasteiger partial charge in [-0.1, -0.05) is 33.6 Å². The van der Waals surface area contributed by atoms with E-state index in [4.69, 9.17) is 17.3 Å². The minimum atomic E-state index is -4.18. The summed E-state index contributed by atoms with van der Waals surface area (Å²) in [5, 5.41) is 0.379. The van der Waals surface area contributed by atoms with Gasteiger partial charge in [-0.25, -0.2) is 0 Å². The van der Waals surface area contributed by atoms with E-state index in [1.165, 1.54) is 0 Å². The molecule has 98 valence electrons. The monoisotopic (exact) mass is 351 g/mol. The van der Waals surface area contributed by atoms with Crippen LogP contribution in [0.3, 0.4) is 0 Å². The van der Waals surface area contributed by atoms with E-state index in [-0.39, 0.29) is 18.8 Å². The third-order valence-corrected chi connectivity index (χ3v) is 2.92. The third-order valence-electron chi connectivity index (χ3n) is 2.10. The van der Waals surface area contributed by atoms with Gasteiger partial charge >= 0.3 is 6.18 Å². The van der Waals surface area contributed by atoms with E-state index in [2.05, 4.69) is 15.9 Å². The molecular weight excluding hydrogens is 342 g/mol. The number of alkyl halides is 3. The van der Waals surface area contributed by atoms with Crippen molar-refractivity contribution in [1.82, 2.24) is 0 Å². The molecular formula is C10H11BrCl2F3N. The summed E-state index contributed by atoms with van der Waals surface area (Å²) in [6.45, 7) is 0. The average Bonchev–Trinajstić information content (AvgIpc) is 2.13. The quantitative estimate of drug-likeness (QED) is 0.825. The Morgan fingerprint density at radius 2 is 1.94 bits per heavy atom. The Hall–Kier alpha value is 0.0300. The van der Waals surface area contributed by atoms with Crippen LogP contribution >= 0.6 is 39.9 Å². The van der Waals surface area contributed by atoms with Crippen LogP contribution in [-0.2, 0) is 0 Å². The van der Waals surface area contributed by atoms with Gasteiger partial charge < -0.3 is 5.73 Å². The van der Waals surface area contributed by atoms with Gasteiger partial charge in [0.05, 0.1) is 0 Å². The van der Waals surface area contributed by atoms with Crippen LogP contribution in [0.15, 0.2) is 22.7 Å². The second kappa shape index (κ2) is 6.83. The van der Waals surface area contributed by atoms with Crippen molar-refractivity contribution in [2.75, 3.05) is 0 Å². The topological polar surface area (TPSA) is 26.0 Å². The summed E-state index contributed by atoms with van der Waals surface area (Å²) < 4.78 is 36.8. The van der Waals surface area contributed by atoms with Crippen LogP contribution in [0, 0.1) is 0 Å². The maximum atomic E-state index is 12.0. The van der Waals surface area contributed by atoms with Crippen LogP contribution in [-0.4, -0.2) is 6.18 Å². The zero-order chi connectivity index (χ0) is 12.3. The zero-order valence-corrected chi connectivity index (χ0v) is 11.8. The van der Waals surface area contributed by atoms with Crippen LogP contribution < -0.4 is 5.73 Å². The molecule has 0 spiro atoms. The van der Waals surface area contributed by atoms with E-state index in [0.29, 0.717) is 10.6 Å². The maximum absolute atomic E-state index is 12.0. The lowest BCUT2D eigenvalue weighted by Gasteiger charge is -2.15. The molecule has 0 aliphatic rings. The molecule has 1 aromatic carbocycles. The van der Waals surface area contributed by atoms with Gasteiger partial charge in [0.1, 0.15) is 0 Å². The van der Waals surface area contributed by atoms with Gasteiger partial charge in [0.2, 0.25) is 0 Å². The molecule has 1 aromatic rings. The van der Waals surface area contributed by atoms with Crippen molar-refractivity contribution >= 4 is 39.9 Å². The van der Waals surface area contributed by atoms with Crippen LogP contribution in [0.25, 0.3) is 0 Å². The van der Waals surface area contributed by atoms with Gasteiger partial charge in [0.15, 0.2) is 0 Å². The lowest BCUT2D eigenvalue weighted by Crippen LogP contribution is -2.16. The molecule has 0 radical (unpaired) electrons. The summed E-state index contributed by atoms with van der Waals surface area (Å²) in [7, 11) is 0. The summed E-state index contributed by atoms with van der Waals surface area (Å²) >= 11 is 9.09. The van der Waals surface area contributed by atoms with Gasteiger partial charge in [0, 0.05) is 22.0 Å². The van der Waals surface area contributed by atoms with E-state index in [1.54, 1.807) is 18.2 Å². The van der Waals surface area contributed by atoms with Crippen molar-refractivity contribution in [3.63, 3.8) is 0 Å². The number of hydrogen-bond donors (Lipinski definition) is 1. The van der Waals surface area contributed by atoms with Gasteiger partial charge in [-0.2, -0.15) is 13.2 Å². The molecule has 7 heteroatoms. The van der Waals surface area contributed by atoms with Crippen molar-refractivity contribution in [2.45, 2.75) is 25.1 Å². The van der Waals surface area contributed by atoms with E-state index in [9.17, 15) is 13.2 Å². The summed E-state index contributed by atoms with van der Waals surface area (Å²) in [6.07, 6.45) is -5.25. The Morgan fingerprint density at radius 3 is 2.41 bits per heavy atom. The second-order valence-corrected chi connectivity index (χ2v) is 4.75. The molecule has 0 bridgehead atoms. The lowest BCUT2D eigenvalue weighted by atomic mass is 10.0. The van der Waals surface area contributed by atoms with Crippen LogP contribution in [0.1, 0.15) is 24.4 Å². The van der Waals surface area contributed by atoms with Crippen LogP contribution in [0.4, 0.5) is 13.2 Å². The molecule has 1 nitrogen and oxygen atoms in total. The number of halogens is 6. The molecule has 0 saturated carbocycles. The molecule has 17 heavy (non-hydrogen) atoms. The molecule has 0 amide bonds. The third kappa shape index (κ3) is 5.95. The maximum Gasteiger partial charge on any atom is 0.389 e. The summed E-state index contributed by atoms with van der Waals surface area (Å²) in [6, 6.07) is 4.26. The lowest BCUT2D eigenvalue weighted by molar-refractivity contribution is -0.136. The molecule has 1 atom stereocenters. The van der Waals surface area contributed by atoms with Crippen LogP contribution in [0.2, 0.25) is 5.02 Å². The number of nitrogens with two attached hydrogens (primary N) is 1. The minimum Gasteiger partial charge on any atom is -0.324 e. The molecule has 0 aliphatic heterocycles. The molecule has 0 heterocycles.